The Morgan fingerprint density at radius 3 is 2.45 bits per heavy atom. The molecule has 38 heavy (non-hydrogen) atoms. The number of methoxy groups -OCH3 is 2. The number of carbonyl (C=O) groups is 1. The van der Waals surface area contributed by atoms with Gasteiger partial charge < -0.3 is 19.3 Å². The lowest BCUT2D eigenvalue weighted by Gasteiger charge is -2.47. The van der Waals surface area contributed by atoms with Crippen LogP contribution in [0.5, 0.6) is 11.5 Å². The van der Waals surface area contributed by atoms with E-state index < -0.39 is 0 Å². The van der Waals surface area contributed by atoms with Crippen molar-refractivity contribution in [3.8, 4) is 11.5 Å². The van der Waals surface area contributed by atoms with Gasteiger partial charge in [-0.05, 0) is 63.1 Å². The van der Waals surface area contributed by atoms with Crippen LogP contribution in [0.2, 0.25) is 0 Å². The highest BCUT2D eigenvalue weighted by Gasteiger charge is 2.43. The normalized spacial score (nSPS) is 22.3. The van der Waals surface area contributed by atoms with E-state index in [9.17, 15) is 4.79 Å². The molecule has 0 unspecified atom stereocenters. The molecular formula is C32H45N3O3. The van der Waals surface area contributed by atoms with Crippen LogP contribution in [0.25, 0.3) is 0 Å². The molecule has 2 aliphatic carbocycles. The van der Waals surface area contributed by atoms with Gasteiger partial charge in [0.05, 0.1) is 14.2 Å². The van der Waals surface area contributed by atoms with Gasteiger partial charge in [-0.1, -0.05) is 49.2 Å². The molecule has 5 rings (SSSR count). The summed E-state index contributed by atoms with van der Waals surface area (Å²) in [5.41, 5.74) is 2.39. The second kappa shape index (κ2) is 12.5. The Balaban J connectivity index is 1.42. The number of carbonyl (C=O) groups excluding carboxylic acids is 1. The number of amides is 1. The van der Waals surface area contributed by atoms with E-state index in [1.54, 1.807) is 14.2 Å². The second-order valence-corrected chi connectivity index (χ2v) is 11.6. The minimum atomic E-state index is -0.177. The van der Waals surface area contributed by atoms with Crippen molar-refractivity contribution in [3.05, 3.63) is 59.7 Å². The monoisotopic (exact) mass is 519 g/mol. The molecule has 2 aromatic carbocycles. The van der Waals surface area contributed by atoms with Crippen molar-refractivity contribution in [3.63, 3.8) is 0 Å². The molecule has 1 aliphatic heterocycles. The lowest BCUT2D eigenvalue weighted by molar-refractivity contribution is -0.145. The van der Waals surface area contributed by atoms with E-state index in [4.69, 9.17) is 9.47 Å². The Labute approximate surface area is 228 Å². The summed E-state index contributed by atoms with van der Waals surface area (Å²) >= 11 is 0. The van der Waals surface area contributed by atoms with Crippen molar-refractivity contribution in [1.29, 1.82) is 0 Å². The molecule has 0 radical (unpaired) electrons. The summed E-state index contributed by atoms with van der Waals surface area (Å²) in [6, 6.07) is 17.3. The summed E-state index contributed by atoms with van der Waals surface area (Å²) in [6.07, 6.45) is 9.73. The number of hydrogen-bond acceptors (Lipinski definition) is 5. The smallest absolute Gasteiger partial charge is 0.241 e. The van der Waals surface area contributed by atoms with Gasteiger partial charge in [0.15, 0.2) is 0 Å². The number of ether oxygens (including phenoxy) is 2. The first-order valence-corrected chi connectivity index (χ1v) is 14.6. The van der Waals surface area contributed by atoms with E-state index in [1.807, 2.05) is 12.1 Å². The van der Waals surface area contributed by atoms with E-state index in [0.717, 1.165) is 56.0 Å². The molecule has 2 saturated carbocycles. The standard InChI is InChI=1S/C32H45N3O3/c1-33(21-24-10-5-4-6-11-24)23-30(32(36)34-19-9-13-25-12-7-8-14-29(25)34)35(27-16-17-27)22-26-15-18-28(37-2)20-31(26)38-3/h4-6,10-11,15,18,20,25,27,29-30H,7-9,12-14,16-17,19,21-23H2,1-3H3/t25-,29-,30+/m0/s1. The van der Waals surface area contributed by atoms with Crippen LogP contribution >= 0.6 is 0 Å². The van der Waals surface area contributed by atoms with Gasteiger partial charge in [0.1, 0.15) is 17.5 Å². The number of fused-ring (bicyclic) bond motifs is 1. The van der Waals surface area contributed by atoms with Crippen LogP contribution in [0.3, 0.4) is 0 Å². The molecule has 0 bridgehead atoms. The number of rotatable bonds is 11. The minimum Gasteiger partial charge on any atom is -0.497 e. The average Bonchev–Trinajstić information content (AvgIpc) is 3.80. The average molecular weight is 520 g/mol. The van der Waals surface area contributed by atoms with Crippen LogP contribution in [-0.2, 0) is 17.9 Å². The first-order valence-electron chi connectivity index (χ1n) is 14.6. The number of hydrogen-bond donors (Lipinski definition) is 0. The fourth-order valence-electron chi connectivity index (χ4n) is 6.75. The van der Waals surface area contributed by atoms with Crippen molar-refractivity contribution in [2.24, 2.45) is 5.92 Å². The van der Waals surface area contributed by atoms with Gasteiger partial charge in [-0.2, -0.15) is 0 Å². The predicted octanol–water partition coefficient (Wildman–Crippen LogP) is 5.35. The van der Waals surface area contributed by atoms with Crippen molar-refractivity contribution >= 4 is 5.91 Å². The molecular weight excluding hydrogens is 474 g/mol. The van der Waals surface area contributed by atoms with Crippen molar-refractivity contribution in [2.75, 3.05) is 34.4 Å². The minimum absolute atomic E-state index is 0.177. The lowest BCUT2D eigenvalue weighted by Crippen LogP contribution is -2.59. The zero-order chi connectivity index (χ0) is 26.5. The fraction of sp³-hybridized carbons (Fsp3) is 0.594. The first kappa shape index (κ1) is 27.0. The topological polar surface area (TPSA) is 45.2 Å². The molecule has 3 atom stereocenters. The van der Waals surface area contributed by atoms with Crippen molar-refractivity contribution in [1.82, 2.24) is 14.7 Å². The number of benzene rings is 2. The quantitative estimate of drug-likeness (QED) is 0.401. The molecule has 3 aliphatic rings. The van der Waals surface area contributed by atoms with Gasteiger partial charge in [-0.3, -0.25) is 9.69 Å². The number of likely N-dealkylation sites (N-methyl/N-ethyl adjacent to an activating group) is 1. The molecule has 1 saturated heterocycles. The summed E-state index contributed by atoms with van der Waals surface area (Å²) in [5, 5.41) is 0. The highest BCUT2D eigenvalue weighted by molar-refractivity contribution is 5.83. The maximum absolute atomic E-state index is 14.6. The molecule has 6 nitrogen and oxygen atoms in total. The van der Waals surface area contributed by atoms with Crippen LogP contribution in [-0.4, -0.2) is 73.1 Å². The Morgan fingerprint density at radius 2 is 1.71 bits per heavy atom. The van der Waals surface area contributed by atoms with E-state index in [0.29, 0.717) is 30.5 Å². The van der Waals surface area contributed by atoms with Crippen LogP contribution in [0.4, 0.5) is 0 Å². The third-order valence-corrected chi connectivity index (χ3v) is 8.85. The Kier molecular flexibility index (Phi) is 8.90. The zero-order valence-corrected chi connectivity index (χ0v) is 23.5. The zero-order valence-electron chi connectivity index (χ0n) is 23.5. The van der Waals surface area contributed by atoms with Crippen molar-refractivity contribution in [2.45, 2.75) is 82.6 Å². The molecule has 6 heteroatoms. The SMILES string of the molecule is COc1ccc(CN(C2CC2)[C@H](CN(C)Cc2ccccc2)C(=O)N2CCC[C@@H]3CCCC[C@@H]32)c(OC)c1. The molecule has 2 aromatic rings. The number of likely N-dealkylation sites (tertiary alicyclic amines) is 1. The predicted molar refractivity (Wildman–Crippen MR) is 151 cm³/mol. The third-order valence-electron chi connectivity index (χ3n) is 8.85. The summed E-state index contributed by atoms with van der Waals surface area (Å²) in [6.45, 7) is 3.16. The van der Waals surface area contributed by atoms with Crippen molar-refractivity contribution < 1.29 is 14.3 Å². The van der Waals surface area contributed by atoms with E-state index in [1.165, 1.54) is 37.7 Å². The van der Waals surface area contributed by atoms with Crippen LogP contribution in [0.15, 0.2) is 48.5 Å². The Bertz CT molecular complexity index is 1060. The molecule has 0 aromatic heterocycles. The lowest BCUT2D eigenvalue weighted by atomic mass is 9.78. The van der Waals surface area contributed by atoms with E-state index in [2.05, 4.69) is 58.1 Å². The van der Waals surface area contributed by atoms with Gasteiger partial charge >= 0.3 is 0 Å². The van der Waals surface area contributed by atoms with Gasteiger partial charge in [0.25, 0.3) is 0 Å². The molecule has 3 fully saturated rings. The van der Waals surface area contributed by atoms with Gasteiger partial charge in [0.2, 0.25) is 5.91 Å². The van der Waals surface area contributed by atoms with Crippen LogP contribution < -0.4 is 9.47 Å². The summed E-state index contributed by atoms with van der Waals surface area (Å²) < 4.78 is 11.2. The number of piperidine rings is 1. The molecule has 1 amide bonds. The van der Waals surface area contributed by atoms with Gasteiger partial charge in [0, 0.05) is 49.9 Å². The molecule has 0 spiro atoms. The summed E-state index contributed by atoms with van der Waals surface area (Å²) in [5.74, 6) is 2.63. The maximum atomic E-state index is 14.6. The second-order valence-electron chi connectivity index (χ2n) is 11.6. The largest absolute Gasteiger partial charge is 0.497 e. The highest BCUT2D eigenvalue weighted by atomic mass is 16.5. The summed E-state index contributed by atoms with van der Waals surface area (Å²) in [7, 11) is 5.55. The van der Waals surface area contributed by atoms with Gasteiger partial charge in [-0.15, -0.1) is 0 Å². The fourth-order valence-corrected chi connectivity index (χ4v) is 6.75. The van der Waals surface area contributed by atoms with Crippen LogP contribution in [0.1, 0.15) is 62.5 Å². The Morgan fingerprint density at radius 1 is 0.947 bits per heavy atom. The maximum Gasteiger partial charge on any atom is 0.241 e. The highest BCUT2D eigenvalue weighted by Crippen LogP contribution is 2.38. The molecule has 206 valence electrons. The third kappa shape index (κ3) is 6.35. The van der Waals surface area contributed by atoms with Gasteiger partial charge in [-0.25, -0.2) is 0 Å². The first-order chi connectivity index (χ1) is 18.6. The van der Waals surface area contributed by atoms with Crippen LogP contribution in [0, 0.1) is 5.92 Å². The van der Waals surface area contributed by atoms with E-state index >= 15 is 0 Å². The molecule has 0 N–H and O–H groups in total. The summed E-state index contributed by atoms with van der Waals surface area (Å²) in [4.78, 5) is 21.7. The van der Waals surface area contributed by atoms with E-state index in [-0.39, 0.29) is 6.04 Å². The Hall–Kier alpha value is -2.57. The molecule has 1 heterocycles. The number of nitrogens with zero attached hydrogens (tertiary/aromatic N) is 3.